The van der Waals surface area contributed by atoms with Gasteiger partial charge in [-0.2, -0.15) is 0 Å². The van der Waals surface area contributed by atoms with Gasteiger partial charge in [-0.25, -0.2) is 0 Å². The summed E-state index contributed by atoms with van der Waals surface area (Å²) in [7, 11) is 3.41. The average molecular weight is 285 g/mol. The minimum absolute atomic E-state index is 0.0400. The molecule has 20 heavy (non-hydrogen) atoms. The fourth-order valence-corrected chi connectivity index (χ4v) is 2.17. The fourth-order valence-electron chi connectivity index (χ4n) is 2.17. The highest BCUT2D eigenvalue weighted by Crippen LogP contribution is 2.15. The van der Waals surface area contributed by atoms with Crippen LogP contribution in [0.4, 0.5) is 0 Å². The Labute approximate surface area is 123 Å². The Morgan fingerprint density at radius 2 is 1.75 bits per heavy atom. The second kappa shape index (κ2) is 9.75. The molecule has 0 rings (SSSR count). The average Bonchev–Trinajstić information content (AvgIpc) is 2.36. The normalized spacial score (nSPS) is 12.3. The largest absolute Gasteiger partial charge is 0.347 e. The Balaban J connectivity index is 4.58. The summed E-state index contributed by atoms with van der Waals surface area (Å²) in [5, 5.41) is 0. The maximum Gasteiger partial charge on any atom is 0.241 e. The molecule has 0 fully saturated rings. The van der Waals surface area contributed by atoms with Gasteiger partial charge < -0.3 is 15.5 Å². The van der Waals surface area contributed by atoms with Gasteiger partial charge in [-0.3, -0.25) is 9.59 Å². The molecule has 2 N–H and O–H groups in total. The number of nitrogens with zero attached hydrogens (tertiary/aromatic N) is 2. The van der Waals surface area contributed by atoms with Gasteiger partial charge in [0.15, 0.2) is 0 Å². The van der Waals surface area contributed by atoms with Crippen molar-refractivity contribution in [3.05, 3.63) is 0 Å². The summed E-state index contributed by atoms with van der Waals surface area (Å²) in [5.74, 6) is 0.730. The molecule has 1 unspecified atom stereocenters. The van der Waals surface area contributed by atoms with Crippen LogP contribution in [0.2, 0.25) is 0 Å². The molecule has 0 aromatic carbocycles. The van der Waals surface area contributed by atoms with Gasteiger partial charge in [0.2, 0.25) is 11.8 Å². The number of likely N-dealkylation sites (N-methyl/N-ethyl adjacent to an activating group) is 1. The summed E-state index contributed by atoms with van der Waals surface area (Å²) in [6.07, 6.45) is 2.24. The molecule has 0 aromatic rings. The summed E-state index contributed by atoms with van der Waals surface area (Å²) in [4.78, 5) is 27.3. The molecule has 0 saturated heterocycles. The maximum absolute atomic E-state index is 12.3. The molecule has 0 aliphatic heterocycles. The fraction of sp³-hybridized carbons (Fsp3) is 0.867. The van der Waals surface area contributed by atoms with E-state index in [1.165, 1.54) is 4.90 Å². The summed E-state index contributed by atoms with van der Waals surface area (Å²) >= 11 is 0. The Hall–Kier alpha value is -1.10. The quantitative estimate of drug-likeness (QED) is 0.695. The Morgan fingerprint density at radius 3 is 2.15 bits per heavy atom. The van der Waals surface area contributed by atoms with Gasteiger partial charge in [0.05, 0.1) is 6.54 Å². The van der Waals surface area contributed by atoms with Crippen molar-refractivity contribution in [3.8, 4) is 0 Å². The molecule has 0 saturated carbocycles. The first kappa shape index (κ1) is 18.9. The first-order valence-corrected chi connectivity index (χ1v) is 7.49. The van der Waals surface area contributed by atoms with Crippen molar-refractivity contribution in [2.24, 2.45) is 17.6 Å². The minimum Gasteiger partial charge on any atom is -0.347 e. The zero-order valence-corrected chi connectivity index (χ0v) is 13.7. The Morgan fingerprint density at radius 1 is 1.15 bits per heavy atom. The van der Waals surface area contributed by atoms with Crippen molar-refractivity contribution >= 4 is 11.8 Å². The summed E-state index contributed by atoms with van der Waals surface area (Å²) in [5.41, 5.74) is 5.75. The van der Waals surface area contributed by atoms with Gasteiger partial charge in [-0.05, 0) is 31.2 Å². The molecule has 118 valence electrons. The molecule has 0 aromatic heterocycles. The molecule has 0 radical (unpaired) electrons. The van der Waals surface area contributed by atoms with Crippen LogP contribution < -0.4 is 5.73 Å². The van der Waals surface area contributed by atoms with E-state index >= 15 is 0 Å². The maximum atomic E-state index is 12.3. The molecule has 2 amide bonds. The first-order chi connectivity index (χ1) is 9.31. The second-order valence-corrected chi connectivity index (χ2v) is 6.04. The van der Waals surface area contributed by atoms with Crippen LogP contribution in [-0.2, 0) is 9.59 Å². The lowest BCUT2D eigenvalue weighted by Gasteiger charge is -2.26. The van der Waals surface area contributed by atoms with Crippen molar-refractivity contribution in [1.82, 2.24) is 9.80 Å². The van der Waals surface area contributed by atoms with Crippen LogP contribution in [0.5, 0.6) is 0 Å². The van der Waals surface area contributed by atoms with Gasteiger partial charge in [0, 0.05) is 27.1 Å². The topological polar surface area (TPSA) is 66.6 Å². The highest BCUT2D eigenvalue weighted by molar-refractivity contribution is 5.84. The van der Waals surface area contributed by atoms with Crippen molar-refractivity contribution < 1.29 is 9.59 Å². The molecule has 5 nitrogen and oxygen atoms in total. The number of nitrogens with two attached hydrogens (primary N) is 1. The van der Waals surface area contributed by atoms with E-state index in [0.29, 0.717) is 25.4 Å². The van der Waals surface area contributed by atoms with Gasteiger partial charge in [0.1, 0.15) is 0 Å². The lowest BCUT2D eigenvalue weighted by molar-refractivity contribution is -0.139. The van der Waals surface area contributed by atoms with Gasteiger partial charge >= 0.3 is 0 Å². The summed E-state index contributed by atoms with van der Waals surface area (Å²) in [6, 6.07) is 0. The van der Waals surface area contributed by atoms with Crippen LogP contribution in [0.1, 0.15) is 40.0 Å². The standard InChI is InChI=1S/C15H31N3O2/c1-6-7-18(11-15(20)17(4)5)14(19)9-13(10-16)8-12(2)3/h12-13H,6-11,16H2,1-5H3. The third kappa shape index (κ3) is 7.48. The monoisotopic (exact) mass is 285 g/mol. The summed E-state index contributed by atoms with van der Waals surface area (Å²) < 4.78 is 0. The first-order valence-electron chi connectivity index (χ1n) is 7.49. The van der Waals surface area contributed by atoms with E-state index < -0.39 is 0 Å². The number of rotatable bonds is 9. The number of hydrogen-bond acceptors (Lipinski definition) is 3. The van der Waals surface area contributed by atoms with E-state index in [1.807, 2.05) is 6.92 Å². The van der Waals surface area contributed by atoms with Crippen LogP contribution in [0.25, 0.3) is 0 Å². The molecule has 0 bridgehead atoms. The van der Waals surface area contributed by atoms with Crippen LogP contribution in [0.15, 0.2) is 0 Å². The van der Waals surface area contributed by atoms with Crippen molar-refractivity contribution in [3.63, 3.8) is 0 Å². The minimum atomic E-state index is -0.0417. The third-order valence-electron chi connectivity index (χ3n) is 3.27. The molecular weight excluding hydrogens is 254 g/mol. The zero-order valence-electron chi connectivity index (χ0n) is 13.7. The molecule has 0 heterocycles. The highest BCUT2D eigenvalue weighted by Gasteiger charge is 2.21. The summed E-state index contributed by atoms with van der Waals surface area (Å²) in [6.45, 7) is 7.58. The highest BCUT2D eigenvalue weighted by atomic mass is 16.2. The lowest BCUT2D eigenvalue weighted by atomic mass is 9.93. The smallest absolute Gasteiger partial charge is 0.241 e. The van der Waals surface area contributed by atoms with Crippen LogP contribution in [0, 0.1) is 11.8 Å². The van der Waals surface area contributed by atoms with E-state index in [0.717, 1.165) is 12.8 Å². The van der Waals surface area contributed by atoms with Crippen LogP contribution in [0.3, 0.4) is 0 Å². The number of carbonyl (C=O) groups excluding carboxylic acids is 2. The number of amides is 2. The predicted molar refractivity (Wildman–Crippen MR) is 82.2 cm³/mol. The molecule has 0 aliphatic carbocycles. The second-order valence-electron chi connectivity index (χ2n) is 6.04. The number of carbonyl (C=O) groups is 2. The van der Waals surface area contributed by atoms with E-state index in [2.05, 4.69) is 13.8 Å². The lowest BCUT2D eigenvalue weighted by Crippen LogP contribution is -2.41. The van der Waals surface area contributed by atoms with E-state index in [4.69, 9.17) is 5.73 Å². The molecular formula is C15H31N3O2. The Bertz CT molecular complexity index is 303. The molecule has 1 atom stereocenters. The van der Waals surface area contributed by atoms with E-state index in [9.17, 15) is 9.59 Å². The molecule has 5 heteroatoms. The van der Waals surface area contributed by atoms with E-state index in [-0.39, 0.29) is 24.3 Å². The van der Waals surface area contributed by atoms with Crippen LogP contribution >= 0.6 is 0 Å². The predicted octanol–water partition coefficient (Wildman–Crippen LogP) is 1.32. The number of hydrogen-bond donors (Lipinski definition) is 1. The zero-order chi connectivity index (χ0) is 15.7. The van der Waals surface area contributed by atoms with Gasteiger partial charge in [0.25, 0.3) is 0 Å². The Kier molecular flexibility index (Phi) is 9.21. The molecule has 0 aliphatic rings. The van der Waals surface area contributed by atoms with E-state index in [1.54, 1.807) is 19.0 Å². The van der Waals surface area contributed by atoms with Gasteiger partial charge in [-0.15, -0.1) is 0 Å². The molecule has 0 spiro atoms. The van der Waals surface area contributed by atoms with Gasteiger partial charge in [-0.1, -0.05) is 20.8 Å². The van der Waals surface area contributed by atoms with Crippen molar-refractivity contribution in [2.45, 2.75) is 40.0 Å². The van der Waals surface area contributed by atoms with Crippen molar-refractivity contribution in [2.75, 3.05) is 33.7 Å². The van der Waals surface area contributed by atoms with Crippen molar-refractivity contribution in [1.29, 1.82) is 0 Å². The third-order valence-corrected chi connectivity index (χ3v) is 3.27. The van der Waals surface area contributed by atoms with Crippen LogP contribution in [-0.4, -0.2) is 55.3 Å². The SMILES string of the molecule is CCCN(CC(=O)N(C)C)C(=O)CC(CN)CC(C)C.